The topological polar surface area (TPSA) is 136 Å². The van der Waals surface area contributed by atoms with Gasteiger partial charge in [0, 0.05) is 66.3 Å². The fraction of sp³-hybridized carbons (Fsp3) is 0.571. The zero-order chi connectivity index (χ0) is 43.2. The van der Waals surface area contributed by atoms with Gasteiger partial charge in [-0.1, -0.05) is 25.4 Å². The number of aliphatic imine (C=N–C) groups is 1. The fourth-order valence-corrected chi connectivity index (χ4v) is 13.4. The average Bonchev–Trinajstić information content (AvgIpc) is 3.99. The number of nitriles is 1. The number of hydrogen-bond acceptors (Lipinski definition) is 12. The van der Waals surface area contributed by atoms with Gasteiger partial charge in [-0.25, -0.2) is 10.9 Å². The summed E-state index contributed by atoms with van der Waals surface area (Å²) < 4.78 is 18.8. The second-order valence-corrected chi connectivity index (χ2v) is 21.0. The van der Waals surface area contributed by atoms with Gasteiger partial charge in [-0.3, -0.25) is 20.0 Å². The van der Waals surface area contributed by atoms with E-state index in [0.717, 1.165) is 89.8 Å². The highest BCUT2D eigenvalue weighted by molar-refractivity contribution is 8.00. The van der Waals surface area contributed by atoms with E-state index >= 15 is 0 Å². The SMILES string of the molecule is CC1SC2C(C(c3ccc(OC4CC5(CCN(c6ccc(C(=O)NC7CCC(Oc8ccc(C#N)c(Cl)c8)CC7)cc6)CC5)C4)cc3)=N[C@@H](CC3NCCO3)C3NNC(C)N23)C1C. The van der Waals surface area contributed by atoms with Crippen molar-refractivity contribution in [3.05, 3.63) is 88.4 Å². The van der Waals surface area contributed by atoms with E-state index in [0.29, 0.717) is 49.8 Å². The molecular formula is C49H61ClN8O4S. The Kier molecular flexibility index (Phi) is 12.4. The fourth-order valence-electron chi connectivity index (χ4n) is 11.3. The number of anilines is 1. The summed E-state index contributed by atoms with van der Waals surface area (Å²) >= 11 is 8.28. The molecule has 5 heterocycles. The standard InChI is InChI=1S/C49H61ClN8O4S/c1-29-30(2)63-48-44(29)45(54-42(25-43-52-20-23-60-43)46-56-55-31(3)58(46)48)32-6-13-37(14-7-32)62-40-26-49(27-40)18-21-57(22-19-49)36-11-4-33(5-12-36)47(59)53-35-9-16-38(17-10-35)61-39-15-8-34(28-51)41(50)24-39/h4-8,11-15,24,29-31,35,38,40,42-44,46,48,52,55-56H,9-10,16-23,25-27H2,1-3H3,(H,53,59)/t29?,30?,31?,35?,38?,42-,43?,44?,46?,48?/m0/s1. The first kappa shape index (κ1) is 43.0. The number of halogens is 1. The number of benzene rings is 3. The van der Waals surface area contributed by atoms with Crippen LogP contribution in [0.2, 0.25) is 5.02 Å². The number of nitrogens with zero attached hydrogens (tertiary/aromatic N) is 4. The lowest BCUT2D eigenvalue weighted by atomic mass is 9.61. The molecule has 14 heteroatoms. The highest BCUT2D eigenvalue weighted by atomic mass is 35.5. The number of rotatable bonds is 10. The third-order valence-corrected chi connectivity index (χ3v) is 17.2. The zero-order valence-corrected chi connectivity index (χ0v) is 38.2. The summed E-state index contributed by atoms with van der Waals surface area (Å²) in [5.74, 6) is 2.42. The predicted molar refractivity (Wildman–Crippen MR) is 248 cm³/mol. The van der Waals surface area contributed by atoms with Gasteiger partial charge < -0.3 is 24.4 Å². The molecule has 63 heavy (non-hydrogen) atoms. The molecule has 1 amide bonds. The number of carbonyl (C=O) groups excluding carboxylic acids is 1. The maximum absolute atomic E-state index is 13.2. The molecule has 334 valence electrons. The van der Waals surface area contributed by atoms with Crippen LogP contribution in [0.5, 0.6) is 11.5 Å². The van der Waals surface area contributed by atoms with Gasteiger partial charge in [-0.15, -0.1) is 11.8 Å². The van der Waals surface area contributed by atoms with Crippen molar-refractivity contribution in [1.29, 1.82) is 5.26 Å². The largest absolute Gasteiger partial charge is 0.490 e. The molecule has 3 aromatic carbocycles. The second-order valence-electron chi connectivity index (χ2n) is 19.1. The molecule has 0 radical (unpaired) electrons. The van der Waals surface area contributed by atoms with E-state index in [4.69, 9.17) is 36.1 Å². The molecule has 6 fully saturated rings. The number of hydrazine groups is 1. The minimum absolute atomic E-state index is 0.0244. The van der Waals surface area contributed by atoms with E-state index in [1.165, 1.54) is 17.0 Å². The molecule has 7 aliphatic rings. The van der Waals surface area contributed by atoms with Crippen LogP contribution in [-0.2, 0) is 4.74 Å². The minimum atomic E-state index is -0.0247. The molecule has 10 rings (SSSR count). The van der Waals surface area contributed by atoms with Crippen molar-refractivity contribution in [1.82, 2.24) is 26.4 Å². The summed E-state index contributed by atoms with van der Waals surface area (Å²) in [6.45, 7) is 10.7. The van der Waals surface area contributed by atoms with Gasteiger partial charge in [0.25, 0.3) is 5.91 Å². The van der Waals surface area contributed by atoms with Gasteiger partial charge in [0.1, 0.15) is 23.8 Å². The summed E-state index contributed by atoms with van der Waals surface area (Å²) in [5.41, 5.74) is 12.2. The number of carbonyl (C=O) groups is 1. The predicted octanol–water partition coefficient (Wildman–Crippen LogP) is 7.46. The Morgan fingerprint density at radius 3 is 2.40 bits per heavy atom. The molecule has 2 aliphatic carbocycles. The van der Waals surface area contributed by atoms with Gasteiger partial charge >= 0.3 is 0 Å². The lowest BCUT2D eigenvalue weighted by Crippen LogP contribution is -2.51. The smallest absolute Gasteiger partial charge is 0.251 e. The third-order valence-electron chi connectivity index (χ3n) is 15.2. The van der Waals surface area contributed by atoms with Crippen molar-refractivity contribution in [3.63, 3.8) is 0 Å². The Morgan fingerprint density at radius 2 is 1.70 bits per heavy atom. The van der Waals surface area contributed by atoms with Crippen LogP contribution in [0.15, 0.2) is 71.7 Å². The average molecular weight is 894 g/mol. The first-order chi connectivity index (χ1) is 30.6. The van der Waals surface area contributed by atoms with Crippen molar-refractivity contribution in [2.24, 2.45) is 22.2 Å². The van der Waals surface area contributed by atoms with E-state index in [1.807, 2.05) is 12.1 Å². The van der Waals surface area contributed by atoms with Crippen LogP contribution in [-0.4, -0.2) is 96.2 Å². The normalized spacial score (nSPS) is 32.8. The highest BCUT2D eigenvalue weighted by Crippen LogP contribution is 2.52. The first-order valence-corrected chi connectivity index (χ1v) is 24.6. The van der Waals surface area contributed by atoms with E-state index in [-0.39, 0.29) is 48.8 Å². The van der Waals surface area contributed by atoms with Gasteiger partial charge in [-0.05, 0) is 136 Å². The van der Waals surface area contributed by atoms with Crippen molar-refractivity contribution >= 4 is 40.7 Å². The summed E-state index contributed by atoms with van der Waals surface area (Å²) in [6.07, 6.45) is 9.38. The quantitative estimate of drug-likeness (QED) is 0.162. The van der Waals surface area contributed by atoms with Crippen LogP contribution >= 0.6 is 23.4 Å². The molecule has 8 atom stereocenters. The monoisotopic (exact) mass is 892 g/mol. The molecule has 0 aromatic heterocycles. The lowest BCUT2D eigenvalue weighted by Gasteiger charge is -2.52. The minimum Gasteiger partial charge on any atom is -0.490 e. The second kappa shape index (κ2) is 18.2. The summed E-state index contributed by atoms with van der Waals surface area (Å²) in [4.78, 5) is 23.9. The third kappa shape index (κ3) is 8.94. The molecule has 12 nitrogen and oxygen atoms in total. The van der Waals surface area contributed by atoms with Crippen molar-refractivity contribution < 1.29 is 19.0 Å². The Labute approximate surface area is 381 Å². The number of piperidine rings is 1. The van der Waals surface area contributed by atoms with Crippen LogP contribution in [0.25, 0.3) is 0 Å². The number of thioether (sulfide) groups is 1. The number of hydrogen-bond donors (Lipinski definition) is 4. The van der Waals surface area contributed by atoms with Crippen LogP contribution in [0.1, 0.15) is 100 Å². The van der Waals surface area contributed by atoms with Crippen molar-refractivity contribution in [3.8, 4) is 17.6 Å². The summed E-state index contributed by atoms with van der Waals surface area (Å²) in [7, 11) is 0. The van der Waals surface area contributed by atoms with Crippen LogP contribution < -0.4 is 35.9 Å². The van der Waals surface area contributed by atoms with Gasteiger partial charge in [-0.2, -0.15) is 5.26 Å². The summed E-state index contributed by atoms with van der Waals surface area (Å²) in [5, 5.41) is 17.2. The molecule has 1 spiro atoms. The van der Waals surface area contributed by atoms with Gasteiger partial charge in [0.05, 0.1) is 53.1 Å². The van der Waals surface area contributed by atoms with Gasteiger partial charge in [0.15, 0.2) is 0 Å². The van der Waals surface area contributed by atoms with Crippen LogP contribution in [0, 0.1) is 28.6 Å². The van der Waals surface area contributed by atoms with E-state index in [9.17, 15) is 4.79 Å². The number of amides is 1. The molecule has 2 saturated carbocycles. The van der Waals surface area contributed by atoms with Gasteiger partial charge in [0.2, 0.25) is 0 Å². The molecule has 7 unspecified atom stereocenters. The Balaban J connectivity index is 0.698. The molecule has 3 aromatic rings. The Bertz CT molecular complexity index is 2180. The first-order valence-electron chi connectivity index (χ1n) is 23.3. The number of fused-ring (bicyclic) bond motifs is 3. The summed E-state index contributed by atoms with van der Waals surface area (Å²) in [6, 6.07) is 24.4. The van der Waals surface area contributed by atoms with E-state index in [1.54, 1.807) is 18.2 Å². The van der Waals surface area contributed by atoms with Crippen molar-refractivity contribution in [2.45, 2.75) is 132 Å². The van der Waals surface area contributed by atoms with Crippen LogP contribution in [0.4, 0.5) is 5.69 Å². The molecule has 4 saturated heterocycles. The zero-order valence-electron chi connectivity index (χ0n) is 36.6. The van der Waals surface area contributed by atoms with E-state index < -0.39 is 0 Å². The molecule has 5 aliphatic heterocycles. The highest BCUT2D eigenvalue weighted by Gasteiger charge is 2.53. The maximum Gasteiger partial charge on any atom is 0.251 e. The number of nitrogens with one attached hydrogen (secondary N) is 4. The molecular weight excluding hydrogens is 832 g/mol. The van der Waals surface area contributed by atoms with Crippen LogP contribution in [0.3, 0.4) is 0 Å². The van der Waals surface area contributed by atoms with Crippen molar-refractivity contribution in [2.75, 3.05) is 31.1 Å². The lowest BCUT2D eigenvalue weighted by molar-refractivity contribution is -0.0310. The Hall–Kier alpha value is -3.87. The number of ether oxygens (including phenoxy) is 3. The van der Waals surface area contributed by atoms with E-state index in [2.05, 4.69) is 106 Å². The molecule has 0 bridgehead atoms. The maximum atomic E-state index is 13.2. The molecule has 4 N–H and O–H groups in total. The Morgan fingerprint density at radius 1 is 0.968 bits per heavy atom.